The number of nitrogens with two attached hydrogens (primary N) is 1. The van der Waals surface area contributed by atoms with Crippen molar-refractivity contribution in [3.05, 3.63) is 23.5 Å². The SMILES string of the molecule is C#CCCCC(C)C(C)C(=O)N1CCCC[C@H]1c1cc2nc(N3CC[C@H](N)C3)c(C)cn2n1. The maximum atomic E-state index is 13.5. The summed E-state index contributed by atoms with van der Waals surface area (Å²) in [6.45, 7) is 8.88. The summed E-state index contributed by atoms with van der Waals surface area (Å²) in [5, 5.41) is 4.87. The van der Waals surface area contributed by atoms with Crippen LogP contribution in [0.2, 0.25) is 0 Å². The number of likely N-dealkylation sites (tertiary alicyclic amines) is 1. The van der Waals surface area contributed by atoms with Gasteiger partial charge in [0, 0.05) is 55.8 Å². The molecule has 0 saturated carbocycles. The lowest BCUT2D eigenvalue weighted by molar-refractivity contribution is -0.140. The Labute approximate surface area is 197 Å². The van der Waals surface area contributed by atoms with Crippen LogP contribution in [-0.2, 0) is 4.79 Å². The Morgan fingerprint density at radius 2 is 2.12 bits per heavy atom. The van der Waals surface area contributed by atoms with Gasteiger partial charge in [-0.1, -0.05) is 13.8 Å². The number of carbonyl (C=O) groups is 1. The van der Waals surface area contributed by atoms with Gasteiger partial charge < -0.3 is 15.5 Å². The van der Waals surface area contributed by atoms with E-state index in [2.05, 4.69) is 48.8 Å². The first kappa shape index (κ1) is 23.6. The third-order valence-electron chi connectivity index (χ3n) is 7.50. The molecule has 4 heterocycles. The Morgan fingerprint density at radius 1 is 1.30 bits per heavy atom. The maximum Gasteiger partial charge on any atom is 0.226 e. The summed E-state index contributed by atoms with van der Waals surface area (Å²) < 4.78 is 1.87. The summed E-state index contributed by atoms with van der Waals surface area (Å²) in [6, 6.07) is 2.29. The van der Waals surface area contributed by atoms with Crippen LogP contribution in [0.25, 0.3) is 5.65 Å². The lowest BCUT2D eigenvalue weighted by Crippen LogP contribution is -2.42. The van der Waals surface area contributed by atoms with Crippen molar-refractivity contribution in [1.82, 2.24) is 19.5 Å². The van der Waals surface area contributed by atoms with Crippen LogP contribution in [0.5, 0.6) is 0 Å². The van der Waals surface area contributed by atoms with Crippen LogP contribution in [0.3, 0.4) is 0 Å². The largest absolute Gasteiger partial charge is 0.355 e. The third kappa shape index (κ3) is 5.01. The van der Waals surface area contributed by atoms with Crippen molar-refractivity contribution in [3.8, 4) is 12.3 Å². The van der Waals surface area contributed by atoms with Crippen LogP contribution in [0.4, 0.5) is 5.82 Å². The van der Waals surface area contributed by atoms with E-state index in [1.165, 1.54) is 0 Å². The molecule has 0 radical (unpaired) electrons. The van der Waals surface area contributed by atoms with Gasteiger partial charge in [0.15, 0.2) is 5.65 Å². The highest BCUT2D eigenvalue weighted by molar-refractivity contribution is 5.79. The standard InChI is InChI=1S/C26H38N6O/c1-5-6-7-10-18(2)20(4)26(33)31-13-9-8-11-23(31)22-15-24-28-25(19(3)16-32(24)29-22)30-14-12-21(27)17-30/h1,15-16,18,20-21,23H,6-14,17,27H2,2-4H3/t18?,20?,21-,23-/m0/s1. The van der Waals surface area contributed by atoms with Gasteiger partial charge in [0.2, 0.25) is 5.91 Å². The van der Waals surface area contributed by atoms with Crippen molar-refractivity contribution < 1.29 is 4.79 Å². The van der Waals surface area contributed by atoms with E-state index in [0.29, 0.717) is 5.92 Å². The minimum Gasteiger partial charge on any atom is -0.355 e. The van der Waals surface area contributed by atoms with Crippen molar-refractivity contribution in [3.63, 3.8) is 0 Å². The van der Waals surface area contributed by atoms with Crippen LogP contribution in [0.1, 0.15) is 76.1 Å². The molecule has 4 atom stereocenters. The van der Waals surface area contributed by atoms with E-state index >= 15 is 0 Å². The number of unbranched alkanes of at least 4 members (excludes halogenated alkanes) is 1. The molecule has 0 bridgehead atoms. The lowest BCUT2D eigenvalue weighted by atomic mass is 9.88. The number of terminal acetylenes is 1. The molecule has 0 aliphatic carbocycles. The summed E-state index contributed by atoms with van der Waals surface area (Å²) in [4.78, 5) is 22.8. The van der Waals surface area contributed by atoms with Gasteiger partial charge in [-0.05, 0) is 51.4 Å². The average Bonchev–Trinajstić information content (AvgIpc) is 3.43. The van der Waals surface area contributed by atoms with E-state index in [4.69, 9.17) is 22.2 Å². The fourth-order valence-electron chi connectivity index (χ4n) is 5.27. The number of carbonyl (C=O) groups excluding carboxylic acids is 1. The molecule has 2 aromatic rings. The number of aryl methyl sites for hydroxylation is 1. The Hall–Kier alpha value is -2.59. The van der Waals surface area contributed by atoms with Crippen molar-refractivity contribution in [1.29, 1.82) is 0 Å². The van der Waals surface area contributed by atoms with E-state index in [9.17, 15) is 4.79 Å². The van der Waals surface area contributed by atoms with Gasteiger partial charge in [0.1, 0.15) is 5.82 Å². The van der Waals surface area contributed by atoms with Crippen molar-refractivity contribution in [2.75, 3.05) is 24.5 Å². The molecule has 2 saturated heterocycles. The minimum atomic E-state index is -0.0215. The van der Waals surface area contributed by atoms with Gasteiger partial charge in [-0.2, -0.15) is 5.10 Å². The second-order valence-electron chi connectivity index (χ2n) is 10.0. The van der Waals surface area contributed by atoms with Crippen molar-refractivity contribution >= 4 is 17.4 Å². The number of aromatic nitrogens is 3. The second-order valence-corrected chi connectivity index (χ2v) is 10.0. The first-order chi connectivity index (χ1) is 15.9. The van der Waals surface area contributed by atoms with Crippen LogP contribution >= 0.6 is 0 Å². The topological polar surface area (TPSA) is 79.8 Å². The van der Waals surface area contributed by atoms with Gasteiger partial charge in [-0.25, -0.2) is 9.50 Å². The Morgan fingerprint density at radius 3 is 2.85 bits per heavy atom. The summed E-state index contributed by atoms with van der Waals surface area (Å²) in [5.74, 6) is 4.22. The van der Waals surface area contributed by atoms with E-state index in [-0.39, 0.29) is 23.9 Å². The normalized spacial score (nSPS) is 23.0. The summed E-state index contributed by atoms with van der Waals surface area (Å²) in [5.41, 5.74) is 8.99. The quantitative estimate of drug-likeness (QED) is 0.514. The number of amides is 1. The fraction of sp³-hybridized carbons (Fsp3) is 0.654. The van der Waals surface area contributed by atoms with Crippen LogP contribution in [0.15, 0.2) is 12.3 Å². The Balaban J connectivity index is 1.55. The maximum absolute atomic E-state index is 13.5. The van der Waals surface area contributed by atoms with Gasteiger partial charge in [-0.15, -0.1) is 12.3 Å². The summed E-state index contributed by atoms with van der Waals surface area (Å²) >= 11 is 0. The number of hydrogen-bond donors (Lipinski definition) is 1. The number of piperidine rings is 1. The lowest BCUT2D eigenvalue weighted by Gasteiger charge is -2.37. The zero-order valence-corrected chi connectivity index (χ0v) is 20.3. The van der Waals surface area contributed by atoms with Crippen LogP contribution < -0.4 is 10.6 Å². The zero-order chi connectivity index (χ0) is 23.5. The molecule has 0 spiro atoms. The molecule has 33 heavy (non-hydrogen) atoms. The Kier molecular flexibility index (Phi) is 7.23. The predicted octanol–water partition coefficient (Wildman–Crippen LogP) is 3.70. The molecule has 2 aromatic heterocycles. The number of fused-ring (bicyclic) bond motifs is 1. The molecule has 2 aliphatic heterocycles. The van der Waals surface area contributed by atoms with E-state index in [1.807, 2.05) is 4.52 Å². The molecular formula is C26H38N6O. The minimum absolute atomic E-state index is 0.0114. The molecule has 4 rings (SSSR count). The molecular weight excluding hydrogens is 412 g/mol. The van der Waals surface area contributed by atoms with E-state index in [1.54, 1.807) is 0 Å². The molecule has 2 aliphatic rings. The number of hydrogen-bond acceptors (Lipinski definition) is 5. The number of nitrogens with zero attached hydrogens (tertiary/aromatic N) is 5. The van der Waals surface area contributed by atoms with Gasteiger partial charge in [0.25, 0.3) is 0 Å². The van der Waals surface area contributed by atoms with Crippen molar-refractivity contribution in [2.24, 2.45) is 17.6 Å². The van der Waals surface area contributed by atoms with Crippen LogP contribution in [0, 0.1) is 31.1 Å². The molecule has 7 nitrogen and oxygen atoms in total. The number of anilines is 1. The first-order valence-electron chi connectivity index (χ1n) is 12.5. The molecule has 2 N–H and O–H groups in total. The van der Waals surface area contributed by atoms with Crippen molar-refractivity contribution in [2.45, 2.75) is 77.8 Å². The molecule has 2 fully saturated rings. The molecule has 178 valence electrons. The highest BCUT2D eigenvalue weighted by atomic mass is 16.2. The van der Waals surface area contributed by atoms with E-state index < -0.39 is 0 Å². The third-order valence-corrected chi connectivity index (χ3v) is 7.50. The molecule has 7 heteroatoms. The monoisotopic (exact) mass is 450 g/mol. The smallest absolute Gasteiger partial charge is 0.226 e. The van der Waals surface area contributed by atoms with E-state index in [0.717, 1.165) is 87.3 Å². The highest BCUT2D eigenvalue weighted by Crippen LogP contribution is 2.34. The first-order valence-corrected chi connectivity index (χ1v) is 12.5. The van der Waals surface area contributed by atoms with Gasteiger partial charge >= 0.3 is 0 Å². The highest BCUT2D eigenvalue weighted by Gasteiger charge is 2.34. The molecule has 1 amide bonds. The predicted molar refractivity (Wildman–Crippen MR) is 132 cm³/mol. The Bertz CT molecular complexity index is 1020. The molecule has 0 aromatic carbocycles. The number of rotatable bonds is 7. The zero-order valence-electron chi connectivity index (χ0n) is 20.3. The van der Waals surface area contributed by atoms with Gasteiger partial charge in [-0.3, -0.25) is 4.79 Å². The van der Waals surface area contributed by atoms with Crippen LogP contribution in [-0.4, -0.2) is 51.1 Å². The summed E-state index contributed by atoms with van der Waals surface area (Å²) in [7, 11) is 0. The fourth-order valence-corrected chi connectivity index (χ4v) is 5.27. The molecule has 2 unspecified atom stereocenters. The van der Waals surface area contributed by atoms with Gasteiger partial charge in [0.05, 0.1) is 11.7 Å². The second kappa shape index (κ2) is 10.1. The average molecular weight is 451 g/mol. The summed E-state index contributed by atoms with van der Waals surface area (Å²) in [6.07, 6.45) is 14.3.